The van der Waals surface area contributed by atoms with E-state index in [9.17, 15) is 13.2 Å². The monoisotopic (exact) mass is 303 g/mol. The molecule has 0 bridgehead atoms. The molecule has 0 aliphatic heterocycles. The number of aromatic amines is 1. The Morgan fingerprint density at radius 3 is 2.30 bits per heavy atom. The molecule has 0 aliphatic rings. The largest absolute Gasteiger partial charge is 0.476 e. The number of rotatable bonds is 4. The summed E-state index contributed by atoms with van der Waals surface area (Å²) in [6.45, 7) is 9.04. The zero-order valence-corrected chi connectivity index (χ0v) is 13.4. The number of H-pyrrole nitrogens is 1. The Bertz CT molecular complexity index is 613. The molecule has 1 heterocycles. The quantitative estimate of drug-likeness (QED) is 0.876. The van der Waals surface area contributed by atoms with Crippen LogP contribution in [0.4, 0.5) is 0 Å². The van der Waals surface area contributed by atoms with Crippen molar-refractivity contribution in [1.29, 1.82) is 0 Å². The predicted octanol–water partition coefficient (Wildman–Crippen LogP) is 1.47. The zero-order chi connectivity index (χ0) is 15.9. The van der Waals surface area contributed by atoms with Crippen molar-refractivity contribution >= 4 is 16.0 Å². The Morgan fingerprint density at radius 1 is 1.40 bits per heavy atom. The van der Waals surface area contributed by atoms with Crippen LogP contribution >= 0.6 is 0 Å². The van der Waals surface area contributed by atoms with Gasteiger partial charge in [0.2, 0.25) is 10.0 Å². The number of aryl methyl sites for hydroxylation is 1. The smallest absolute Gasteiger partial charge is 0.357 e. The SMILES string of the molecule is Cc1[nH]nc(C(=O)O)c1S(=O)(=O)N(C)C(C)C(C)(C)C. The van der Waals surface area contributed by atoms with E-state index < -0.39 is 21.7 Å². The van der Waals surface area contributed by atoms with Crippen molar-refractivity contribution < 1.29 is 18.3 Å². The summed E-state index contributed by atoms with van der Waals surface area (Å²) in [6.07, 6.45) is 0. The molecule has 8 heteroatoms. The van der Waals surface area contributed by atoms with Crippen LogP contribution in [0, 0.1) is 12.3 Å². The predicted molar refractivity (Wildman–Crippen MR) is 74.1 cm³/mol. The van der Waals surface area contributed by atoms with E-state index in [4.69, 9.17) is 5.11 Å². The van der Waals surface area contributed by atoms with E-state index in [1.54, 1.807) is 6.92 Å². The molecular weight excluding hydrogens is 282 g/mol. The highest BCUT2D eigenvalue weighted by atomic mass is 32.2. The first-order chi connectivity index (χ1) is 8.90. The summed E-state index contributed by atoms with van der Waals surface area (Å²) in [5, 5.41) is 15.0. The number of carboxylic acids is 1. The molecule has 7 nitrogen and oxygen atoms in total. The lowest BCUT2D eigenvalue weighted by Gasteiger charge is -2.34. The van der Waals surface area contributed by atoms with Gasteiger partial charge < -0.3 is 5.11 Å². The van der Waals surface area contributed by atoms with Gasteiger partial charge in [-0.2, -0.15) is 9.40 Å². The van der Waals surface area contributed by atoms with Crippen LogP contribution in [0.1, 0.15) is 43.9 Å². The molecule has 1 rings (SSSR count). The van der Waals surface area contributed by atoms with Gasteiger partial charge in [0.25, 0.3) is 0 Å². The van der Waals surface area contributed by atoms with E-state index in [1.807, 2.05) is 20.8 Å². The summed E-state index contributed by atoms with van der Waals surface area (Å²) in [5.41, 5.74) is -0.533. The average Bonchev–Trinajstić information content (AvgIpc) is 2.68. The summed E-state index contributed by atoms with van der Waals surface area (Å²) < 4.78 is 26.5. The van der Waals surface area contributed by atoms with Crippen LogP contribution in [0.3, 0.4) is 0 Å². The highest BCUT2D eigenvalue weighted by Crippen LogP contribution is 2.29. The van der Waals surface area contributed by atoms with Gasteiger partial charge in [-0.1, -0.05) is 20.8 Å². The molecule has 0 spiro atoms. The highest BCUT2D eigenvalue weighted by molar-refractivity contribution is 7.89. The van der Waals surface area contributed by atoms with Crippen LogP contribution in [0.25, 0.3) is 0 Å². The fourth-order valence-corrected chi connectivity index (χ4v) is 3.61. The van der Waals surface area contributed by atoms with Gasteiger partial charge >= 0.3 is 5.97 Å². The highest BCUT2D eigenvalue weighted by Gasteiger charge is 2.37. The minimum atomic E-state index is -3.93. The molecular formula is C12H21N3O4S. The third-order valence-electron chi connectivity index (χ3n) is 3.53. The van der Waals surface area contributed by atoms with Crippen molar-refractivity contribution in [1.82, 2.24) is 14.5 Å². The van der Waals surface area contributed by atoms with Gasteiger partial charge in [0.1, 0.15) is 4.90 Å². The van der Waals surface area contributed by atoms with Crippen LogP contribution in [0.5, 0.6) is 0 Å². The third kappa shape index (κ3) is 2.85. The standard InChI is InChI=1S/C12H21N3O4S/c1-7-10(9(11(16)17)14-13-7)20(18,19)15(6)8(2)12(3,4)5/h8H,1-6H3,(H,13,14)(H,16,17). The molecule has 0 radical (unpaired) electrons. The molecule has 1 unspecified atom stereocenters. The fraction of sp³-hybridized carbons (Fsp3) is 0.667. The van der Waals surface area contributed by atoms with Crippen molar-refractivity contribution in [2.24, 2.45) is 5.41 Å². The van der Waals surface area contributed by atoms with Crippen molar-refractivity contribution in [2.75, 3.05) is 7.05 Å². The normalized spacial score (nSPS) is 14.6. The summed E-state index contributed by atoms with van der Waals surface area (Å²) in [4.78, 5) is 10.8. The molecule has 1 aromatic rings. The molecule has 0 fully saturated rings. The number of sulfonamides is 1. The lowest BCUT2D eigenvalue weighted by molar-refractivity contribution is 0.0686. The first kappa shape index (κ1) is 16.6. The molecule has 0 saturated heterocycles. The number of nitrogens with one attached hydrogen (secondary N) is 1. The van der Waals surface area contributed by atoms with Gasteiger partial charge in [-0.05, 0) is 19.3 Å². The topological polar surface area (TPSA) is 103 Å². The Morgan fingerprint density at radius 2 is 1.90 bits per heavy atom. The maximum absolute atomic E-state index is 12.6. The molecule has 0 saturated carbocycles. The lowest BCUT2D eigenvalue weighted by Crippen LogP contribution is -2.43. The Kier molecular flexibility index (Phi) is 4.31. The van der Waals surface area contributed by atoms with Crippen molar-refractivity contribution in [3.8, 4) is 0 Å². The van der Waals surface area contributed by atoms with Gasteiger partial charge in [-0.3, -0.25) is 5.10 Å². The lowest BCUT2D eigenvalue weighted by atomic mass is 9.88. The molecule has 0 aliphatic carbocycles. The second-order valence-corrected chi connectivity index (χ2v) is 7.83. The van der Waals surface area contributed by atoms with Crippen LogP contribution < -0.4 is 0 Å². The Labute approximate surface area is 119 Å². The summed E-state index contributed by atoms with van der Waals surface area (Å²) in [7, 11) is -2.48. The molecule has 0 amide bonds. The third-order valence-corrected chi connectivity index (χ3v) is 5.62. The van der Waals surface area contributed by atoms with Crippen molar-refractivity contribution in [3.05, 3.63) is 11.4 Å². The average molecular weight is 303 g/mol. The summed E-state index contributed by atoms with van der Waals surface area (Å²) in [6, 6.07) is -0.302. The Balaban J connectivity index is 3.38. The molecule has 0 aromatic carbocycles. The molecule has 20 heavy (non-hydrogen) atoms. The van der Waals surface area contributed by atoms with Gasteiger partial charge in [-0.15, -0.1) is 0 Å². The number of aromatic nitrogens is 2. The maximum atomic E-state index is 12.6. The van der Waals surface area contributed by atoms with Crippen LogP contribution in [-0.2, 0) is 10.0 Å². The number of carboxylic acid groups (broad SMARTS) is 1. The minimum Gasteiger partial charge on any atom is -0.476 e. The van der Waals surface area contributed by atoms with Gasteiger partial charge in [0, 0.05) is 13.1 Å². The van der Waals surface area contributed by atoms with Gasteiger partial charge in [0.15, 0.2) is 5.69 Å². The second-order valence-electron chi connectivity index (χ2n) is 5.89. The minimum absolute atomic E-state index is 0.218. The Hall–Kier alpha value is -1.41. The number of hydrogen-bond acceptors (Lipinski definition) is 4. The molecule has 1 aromatic heterocycles. The number of aromatic carboxylic acids is 1. The number of carbonyl (C=O) groups is 1. The first-order valence-corrected chi connectivity index (χ1v) is 7.61. The van der Waals surface area contributed by atoms with E-state index in [0.29, 0.717) is 0 Å². The van der Waals surface area contributed by atoms with Gasteiger partial charge in [0.05, 0.1) is 5.69 Å². The van der Waals surface area contributed by atoms with E-state index >= 15 is 0 Å². The molecule has 1 atom stereocenters. The van der Waals surface area contributed by atoms with E-state index in [0.717, 1.165) is 0 Å². The number of nitrogens with zero attached hydrogens (tertiary/aromatic N) is 2. The van der Waals surface area contributed by atoms with Crippen LogP contribution in [0.2, 0.25) is 0 Å². The zero-order valence-electron chi connectivity index (χ0n) is 12.6. The van der Waals surface area contributed by atoms with E-state index in [-0.39, 0.29) is 22.0 Å². The summed E-state index contributed by atoms with van der Waals surface area (Å²) >= 11 is 0. The second kappa shape index (κ2) is 5.17. The van der Waals surface area contributed by atoms with E-state index in [2.05, 4.69) is 10.2 Å². The van der Waals surface area contributed by atoms with Crippen molar-refractivity contribution in [2.45, 2.75) is 45.6 Å². The van der Waals surface area contributed by atoms with Gasteiger partial charge in [-0.25, -0.2) is 13.2 Å². The van der Waals surface area contributed by atoms with E-state index in [1.165, 1.54) is 18.3 Å². The molecule has 114 valence electrons. The fourth-order valence-electron chi connectivity index (χ4n) is 1.78. The van der Waals surface area contributed by atoms with Crippen molar-refractivity contribution in [3.63, 3.8) is 0 Å². The van der Waals surface area contributed by atoms with Crippen LogP contribution in [0.15, 0.2) is 4.90 Å². The number of hydrogen-bond donors (Lipinski definition) is 2. The van der Waals surface area contributed by atoms with Crippen LogP contribution in [-0.4, -0.2) is 47.1 Å². The summed E-state index contributed by atoms with van der Waals surface area (Å²) in [5.74, 6) is -1.37. The molecule has 2 N–H and O–H groups in total. The maximum Gasteiger partial charge on any atom is 0.357 e. The first-order valence-electron chi connectivity index (χ1n) is 6.17.